The first-order chi connectivity index (χ1) is 15.2. The highest BCUT2D eigenvalue weighted by molar-refractivity contribution is 5.99. The van der Waals surface area contributed by atoms with E-state index in [0.717, 1.165) is 18.4 Å². The average molecular weight is 445 g/mol. The molecule has 2 saturated heterocycles. The molecule has 2 aliphatic rings. The molecule has 3 rings (SSSR count). The highest BCUT2D eigenvalue weighted by Gasteiger charge is 2.45. The number of nitrogens with zero attached hydrogens (tertiary/aromatic N) is 2. The van der Waals surface area contributed by atoms with Crippen LogP contribution in [0.5, 0.6) is 0 Å². The molecule has 0 N–H and O–H groups in total. The van der Waals surface area contributed by atoms with Gasteiger partial charge >= 0.3 is 12.1 Å². The van der Waals surface area contributed by atoms with Gasteiger partial charge in [0.25, 0.3) is 0 Å². The van der Waals surface area contributed by atoms with Crippen molar-refractivity contribution in [2.75, 3.05) is 19.6 Å². The zero-order chi connectivity index (χ0) is 23.3. The first-order valence-electron chi connectivity index (χ1n) is 11.7. The van der Waals surface area contributed by atoms with Crippen molar-refractivity contribution in [1.82, 2.24) is 9.80 Å². The molecule has 7 heteroatoms. The first kappa shape index (κ1) is 24.1. The van der Waals surface area contributed by atoms with E-state index in [4.69, 9.17) is 9.47 Å². The maximum atomic E-state index is 13.1. The van der Waals surface area contributed by atoms with Gasteiger partial charge in [-0.25, -0.2) is 4.79 Å². The van der Waals surface area contributed by atoms with E-state index < -0.39 is 17.5 Å². The van der Waals surface area contributed by atoms with E-state index in [0.29, 0.717) is 32.5 Å². The van der Waals surface area contributed by atoms with E-state index in [1.54, 1.807) is 4.90 Å². The number of hydrogen-bond acceptors (Lipinski definition) is 5. The Morgan fingerprint density at radius 2 is 1.81 bits per heavy atom. The largest absolute Gasteiger partial charge is 0.460 e. The van der Waals surface area contributed by atoms with Crippen LogP contribution in [0.25, 0.3) is 0 Å². The SMILES string of the molecule is CCCC1CN(C(=O)OC(C)(C)C)CCC1N1CC[C@H](C(=O)OCc2ccccc2)C1=O. The lowest BCUT2D eigenvalue weighted by atomic mass is 9.87. The normalized spacial score (nSPS) is 23.9. The summed E-state index contributed by atoms with van der Waals surface area (Å²) in [4.78, 5) is 41.9. The summed E-state index contributed by atoms with van der Waals surface area (Å²) in [5, 5.41) is 0. The van der Waals surface area contributed by atoms with Crippen molar-refractivity contribution in [2.45, 2.75) is 71.6 Å². The molecule has 0 radical (unpaired) electrons. The molecule has 0 aromatic heterocycles. The molecule has 2 aliphatic heterocycles. The molecular weight excluding hydrogens is 408 g/mol. The third kappa shape index (κ3) is 6.02. The summed E-state index contributed by atoms with van der Waals surface area (Å²) in [7, 11) is 0. The minimum absolute atomic E-state index is 0.0352. The second-order valence-electron chi connectivity index (χ2n) is 9.80. The summed E-state index contributed by atoms with van der Waals surface area (Å²) in [5.41, 5.74) is 0.368. The Balaban J connectivity index is 1.60. The number of carbonyl (C=O) groups excluding carboxylic acids is 3. The third-order valence-corrected chi connectivity index (χ3v) is 6.15. The van der Waals surface area contributed by atoms with Crippen molar-refractivity contribution in [3.05, 3.63) is 35.9 Å². The Morgan fingerprint density at radius 3 is 2.47 bits per heavy atom. The number of piperidine rings is 1. The van der Waals surface area contributed by atoms with Gasteiger partial charge in [0.15, 0.2) is 0 Å². The fourth-order valence-electron chi connectivity index (χ4n) is 4.66. The monoisotopic (exact) mass is 444 g/mol. The van der Waals surface area contributed by atoms with Gasteiger partial charge in [-0.3, -0.25) is 9.59 Å². The molecule has 0 aliphatic carbocycles. The molecule has 176 valence electrons. The van der Waals surface area contributed by atoms with E-state index in [1.165, 1.54) is 0 Å². The lowest BCUT2D eigenvalue weighted by Crippen LogP contribution is -2.54. The lowest BCUT2D eigenvalue weighted by Gasteiger charge is -2.43. The fraction of sp³-hybridized carbons (Fsp3) is 0.640. The summed E-state index contributed by atoms with van der Waals surface area (Å²) in [6, 6.07) is 9.51. The molecule has 3 atom stereocenters. The van der Waals surface area contributed by atoms with Gasteiger partial charge in [0.2, 0.25) is 5.91 Å². The second-order valence-corrected chi connectivity index (χ2v) is 9.80. The number of rotatable bonds is 6. The molecule has 7 nitrogen and oxygen atoms in total. The van der Waals surface area contributed by atoms with Gasteiger partial charge in [0.05, 0.1) is 0 Å². The van der Waals surface area contributed by atoms with Gasteiger partial charge in [-0.15, -0.1) is 0 Å². The molecule has 2 fully saturated rings. The Kier molecular flexibility index (Phi) is 7.80. The van der Waals surface area contributed by atoms with E-state index in [2.05, 4.69) is 6.92 Å². The highest BCUT2D eigenvalue weighted by atomic mass is 16.6. The van der Waals surface area contributed by atoms with Crippen LogP contribution in [0.15, 0.2) is 30.3 Å². The van der Waals surface area contributed by atoms with Gasteiger partial charge in [0.1, 0.15) is 18.1 Å². The van der Waals surface area contributed by atoms with Crippen molar-refractivity contribution < 1.29 is 23.9 Å². The van der Waals surface area contributed by atoms with Crippen LogP contribution in [-0.2, 0) is 25.7 Å². The molecule has 2 amide bonds. The van der Waals surface area contributed by atoms with E-state index in [-0.39, 0.29) is 30.6 Å². The number of ether oxygens (including phenoxy) is 2. The Hall–Kier alpha value is -2.57. The predicted octanol–water partition coefficient (Wildman–Crippen LogP) is 4.00. The number of benzene rings is 1. The summed E-state index contributed by atoms with van der Waals surface area (Å²) in [5.74, 6) is -1.14. The van der Waals surface area contributed by atoms with Crippen LogP contribution in [0.1, 0.15) is 58.9 Å². The number of likely N-dealkylation sites (tertiary alicyclic amines) is 2. The minimum Gasteiger partial charge on any atom is -0.460 e. The molecular formula is C25H36N2O5. The van der Waals surface area contributed by atoms with Crippen molar-refractivity contribution in [1.29, 1.82) is 0 Å². The number of esters is 1. The summed E-state index contributed by atoms with van der Waals surface area (Å²) in [6.07, 6.45) is 2.76. The topological polar surface area (TPSA) is 76.2 Å². The van der Waals surface area contributed by atoms with Gasteiger partial charge in [-0.2, -0.15) is 0 Å². The van der Waals surface area contributed by atoms with Crippen molar-refractivity contribution >= 4 is 18.0 Å². The molecule has 1 aromatic carbocycles. The Bertz CT molecular complexity index is 804. The van der Waals surface area contributed by atoms with Crippen LogP contribution < -0.4 is 0 Å². The van der Waals surface area contributed by atoms with Crippen LogP contribution in [0.2, 0.25) is 0 Å². The molecule has 1 aromatic rings. The first-order valence-corrected chi connectivity index (χ1v) is 11.7. The molecule has 2 unspecified atom stereocenters. The zero-order valence-electron chi connectivity index (χ0n) is 19.7. The van der Waals surface area contributed by atoms with Crippen molar-refractivity contribution in [3.8, 4) is 0 Å². The fourth-order valence-corrected chi connectivity index (χ4v) is 4.66. The minimum atomic E-state index is -0.732. The van der Waals surface area contributed by atoms with Crippen LogP contribution in [-0.4, -0.2) is 59.0 Å². The maximum absolute atomic E-state index is 13.1. The van der Waals surface area contributed by atoms with Gasteiger partial charge in [-0.1, -0.05) is 43.7 Å². The van der Waals surface area contributed by atoms with E-state index in [1.807, 2.05) is 56.0 Å². The number of carbonyl (C=O) groups is 3. The van der Waals surface area contributed by atoms with Crippen molar-refractivity contribution in [2.24, 2.45) is 11.8 Å². The van der Waals surface area contributed by atoms with Gasteiger partial charge < -0.3 is 19.3 Å². The molecule has 2 heterocycles. The standard InChI is InChI=1S/C25H36N2O5/c1-5-9-19-16-26(24(30)32-25(2,3)4)14-13-21(19)27-15-12-20(22(27)28)23(29)31-17-18-10-7-6-8-11-18/h6-8,10-11,19-21H,5,9,12-17H2,1-4H3/t19?,20-,21?/m0/s1. The summed E-state index contributed by atoms with van der Waals surface area (Å²) >= 11 is 0. The van der Waals surface area contributed by atoms with Gasteiger partial charge in [0, 0.05) is 25.7 Å². The average Bonchev–Trinajstić information content (AvgIpc) is 3.13. The van der Waals surface area contributed by atoms with Crippen molar-refractivity contribution in [3.63, 3.8) is 0 Å². The highest BCUT2D eigenvalue weighted by Crippen LogP contribution is 2.32. The molecule has 0 saturated carbocycles. The quantitative estimate of drug-likeness (QED) is 0.490. The molecule has 0 spiro atoms. The van der Waals surface area contributed by atoms with E-state index in [9.17, 15) is 14.4 Å². The Morgan fingerprint density at radius 1 is 1.09 bits per heavy atom. The maximum Gasteiger partial charge on any atom is 0.410 e. The van der Waals surface area contributed by atoms with Crippen LogP contribution in [0.3, 0.4) is 0 Å². The third-order valence-electron chi connectivity index (χ3n) is 6.15. The zero-order valence-corrected chi connectivity index (χ0v) is 19.7. The summed E-state index contributed by atoms with van der Waals surface area (Å²) in [6.45, 7) is 9.55. The number of hydrogen-bond donors (Lipinski definition) is 0. The second kappa shape index (κ2) is 10.4. The number of amides is 2. The van der Waals surface area contributed by atoms with Crippen LogP contribution in [0.4, 0.5) is 4.79 Å². The Labute approximate surface area is 191 Å². The van der Waals surface area contributed by atoms with Gasteiger partial charge in [-0.05, 0) is 51.5 Å². The van der Waals surface area contributed by atoms with Crippen LogP contribution >= 0.6 is 0 Å². The summed E-state index contributed by atoms with van der Waals surface area (Å²) < 4.78 is 11.0. The predicted molar refractivity (Wildman–Crippen MR) is 121 cm³/mol. The molecule has 0 bridgehead atoms. The van der Waals surface area contributed by atoms with E-state index >= 15 is 0 Å². The molecule has 32 heavy (non-hydrogen) atoms. The van der Waals surface area contributed by atoms with Crippen LogP contribution in [0, 0.1) is 11.8 Å². The lowest BCUT2D eigenvalue weighted by molar-refractivity contribution is -0.154. The smallest absolute Gasteiger partial charge is 0.410 e.